The molecular formula is C18H19N7O. The number of hydrogen-bond acceptors (Lipinski definition) is 6. The first-order valence-electron chi connectivity index (χ1n) is 8.50. The van der Waals surface area contributed by atoms with E-state index in [2.05, 4.69) is 30.5 Å². The summed E-state index contributed by atoms with van der Waals surface area (Å²) in [6.45, 7) is 3.26. The van der Waals surface area contributed by atoms with Gasteiger partial charge in [-0.05, 0) is 37.6 Å². The van der Waals surface area contributed by atoms with Crippen LogP contribution in [0.2, 0.25) is 0 Å². The Bertz CT molecular complexity index is 909. The minimum Gasteiger partial charge on any atom is -0.338 e. The van der Waals surface area contributed by atoms with Crippen LogP contribution in [0.3, 0.4) is 0 Å². The normalized spacial score (nSPS) is 16.7. The lowest BCUT2D eigenvalue weighted by atomic mass is 10.1. The van der Waals surface area contributed by atoms with Gasteiger partial charge in [-0.2, -0.15) is 5.10 Å². The fraction of sp³-hybridized carbons (Fsp3) is 0.278. The molecule has 8 heteroatoms. The van der Waals surface area contributed by atoms with Crippen LogP contribution in [-0.4, -0.2) is 49.0 Å². The number of nitrogens with one attached hydrogen (secondary N) is 2. The van der Waals surface area contributed by atoms with Crippen LogP contribution in [0.15, 0.2) is 42.9 Å². The van der Waals surface area contributed by atoms with E-state index in [0.29, 0.717) is 24.6 Å². The molecule has 132 valence electrons. The van der Waals surface area contributed by atoms with Gasteiger partial charge in [-0.25, -0.2) is 15.0 Å². The number of aryl methyl sites for hydroxylation is 1. The monoisotopic (exact) mass is 349 g/mol. The van der Waals surface area contributed by atoms with Crippen LogP contribution in [0.4, 0.5) is 11.6 Å². The molecule has 3 heterocycles. The minimum absolute atomic E-state index is 0.0147. The van der Waals surface area contributed by atoms with Crippen LogP contribution in [0.25, 0.3) is 0 Å². The first-order valence-corrected chi connectivity index (χ1v) is 8.50. The number of carbonyl (C=O) groups excluding carboxylic acids is 1. The summed E-state index contributed by atoms with van der Waals surface area (Å²) in [5.41, 5.74) is 2.30. The number of hydrogen-bond donors (Lipinski definition) is 2. The molecule has 0 saturated carbocycles. The SMILES string of the molecule is Cc1ccnc(Nc2cccc(C(=O)N3CCC(c4ncn[nH]4)C3)c2)n1. The van der Waals surface area contributed by atoms with E-state index in [0.717, 1.165) is 23.6 Å². The summed E-state index contributed by atoms with van der Waals surface area (Å²) in [4.78, 5) is 27.4. The highest BCUT2D eigenvalue weighted by atomic mass is 16.2. The predicted octanol–water partition coefficient (Wildman–Crippen LogP) is 2.28. The minimum atomic E-state index is 0.0147. The van der Waals surface area contributed by atoms with Crippen molar-refractivity contribution in [2.45, 2.75) is 19.3 Å². The second kappa shape index (κ2) is 6.91. The number of amides is 1. The number of anilines is 2. The van der Waals surface area contributed by atoms with Gasteiger partial charge in [0.15, 0.2) is 0 Å². The molecule has 0 radical (unpaired) electrons. The van der Waals surface area contributed by atoms with Crippen molar-refractivity contribution in [3.8, 4) is 0 Å². The van der Waals surface area contributed by atoms with Crippen molar-refractivity contribution in [3.05, 3.63) is 59.9 Å². The van der Waals surface area contributed by atoms with Crippen molar-refractivity contribution in [1.82, 2.24) is 30.0 Å². The lowest BCUT2D eigenvalue weighted by Crippen LogP contribution is -2.28. The molecule has 4 rings (SSSR count). The van der Waals surface area contributed by atoms with E-state index < -0.39 is 0 Å². The Morgan fingerprint density at radius 2 is 2.23 bits per heavy atom. The van der Waals surface area contributed by atoms with Crippen LogP contribution in [0.1, 0.15) is 34.2 Å². The van der Waals surface area contributed by atoms with E-state index in [1.54, 1.807) is 6.20 Å². The number of carbonyl (C=O) groups is 1. The molecule has 1 unspecified atom stereocenters. The van der Waals surface area contributed by atoms with E-state index in [1.165, 1.54) is 6.33 Å². The lowest BCUT2D eigenvalue weighted by molar-refractivity contribution is 0.0790. The Balaban J connectivity index is 1.47. The molecule has 1 amide bonds. The summed E-state index contributed by atoms with van der Waals surface area (Å²) in [6, 6.07) is 9.24. The molecule has 1 aliphatic rings. The summed E-state index contributed by atoms with van der Waals surface area (Å²) in [6.07, 6.45) is 4.09. The van der Waals surface area contributed by atoms with Crippen molar-refractivity contribution < 1.29 is 4.79 Å². The van der Waals surface area contributed by atoms with Gasteiger partial charge in [-0.1, -0.05) is 6.07 Å². The highest BCUT2D eigenvalue weighted by Crippen LogP contribution is 2.26. The molecule has 2 aromatic heterocycles. The Hall–Kier alpha value is -3.29. The Labute approximate surface area is 150 Å². The van der Waals surface area contributed by atoms with E-state index in [4.69, 9.17) is 0 Å². The number of H-pyrrole nitrogens is 1. The summed E-state index contributed by atoms with van der Waals surface area (Å²) in [5, 5.41) is 9.93. The quantitative estimate of drug-likeness (QED) is 0.749. The molecule has 8 nitrogen and oxygen atoms in total. The van der Waals surface area contributed by atoms with Crippen LogP contribution in [0, 0.1) is 6.92 Å². The molecule has 1 aromatic carbocycles. The van der Waals surface area contributed by atoms with Crippen molar-refractivity contribution in [3.63, 3.8) is 0 Å². The van der Waals surface area contributed by atoms with E-state index >= 15 is 0 Å². The second-order valence-corrected chi connectivity index (χ2v) is 6.33. The molecule has 0 aliphatic carbocycles. The highest BCUT2D eigenvalue weighted by molar-refractivity contribution is 5.95. The van der Waals surface area contributed by atoms with E-state index in [-0.39, 0.29) is 11.8 Å². The topological polar surface area (TPSA) is 99.7 Å². The van der Waals surface area contributed by atoms with Gasteiger partial charge in [0.1, 0.15) is 12.2 Å². The molecular weight excluding hydrogens is 330 g/mol. The standard InChI is InChI=1S/C18H19N7O/c1-12-5-7-19-18(22-12)23-15-4-2-3-13(9-15)17(26)25-8-6-14(10-25)16-20-11-21-24-16/h2-5,7,9,11,14H,6,8,10H2,1H3,(H,19,22,23)(H,20,21,24). The first kappa shape index (κ1) is 16.2. The highest BCUT2D eigenvalue weighted by Gasteiger charge is 2.29. The van der Waals surface area contributed by atoms with Gasteiger partial charge in [0.25, 0.3) is 5.91 Å². The second-order valence-electron chi connectivity index (χ2n) is 6.33. The smallest absolute Gasteiger partial charge is 0.253 e. The summed E-state index contributed by atoms with van der Waals surface area (Å²) in [7, 11) is 0. The molecule has 1 aliphatic heterocycles. The van der Waals surface area contributed by atoms with Crippen LogP contribution in [-0.2, 0) is 0 Å². The molecule has 0 spiro atoms. The zero-order valence-corrected chi connectivity index (χ0v) is 14.4. The van der Waals surface area contributed by atoms with Crippen molar-refractivity contribution in [1.29, 1.82) is 0 Å². The zero-order chi connectivity index (χ0) is 17.9. The number of aromatic amines is 1. The van der Waals surface area contributed by atoms with Gasteiger partial charge < -0.3 is 10.2 Å². The summed E-state index contributed by atoms with van der Waals surface area (Å²) >= 11 is 0. The third kappa shape index (κ3) is 3.39. The Morgan fingerprint density at radius 1 is 1.31 bits per heavy atom. The Kier molecular flexibility index (Phi) is 4.30. The largest absolute Gasteiger partial charge is 0.338 e. The maximum absolute atomic E-state index is 12.8. The van der Waals surface area contributed by atoms with Gasteiger partial charge in [0.2, 0.25) is 5.95 Å². The maximum Gasteiger partial charge on any atom is 0.253 e. The zero-order valence-electron chi connectivity index (χ0n) is 14.4. The van der Waals surface area contributed by atoms with Gasteiger partial charge >= 0.3 is 0 Å². The molecule has 26 heavy (non-hydrogen) atoms. The van der Waals surface area contributed by atoms with E-state index in [1.807, 2.05) is 42.2 Å². The third-order valence-electron chi connectivity index (χ3n) is 4.46. The number of benzene rings is 1. The molecule has 2 N–H and O–H groups in total. The van der Waals surface area contributed by atoms with Crippen molar-refractivity contribution >= 4 is 17.5 Å². The van der Waals surface area contributed by atoms with Gasteiger partial charge in [-0.3, -0.25) is 9.89 Å². The molecule has 1 atom stereocenters. The Morgan fingerprint density at radius 3 is 3.04 bits per heavy atom. The fourth-order valence-corrected chi connectivity index (χ4v) is 3.13. The average Bonchev–Trinajstić information content (AvgIpc) is 3.33. The van der Waals surface area contributed by atoms with Crippen molar-refractivity contribution in [2.75, 3.05) is 18.4 Å². The summed E-state index contributed by atoms with van der Waals surface area (Å²) in [5.74, 6) is 1.58. The maximum atomic E-state index is 12.8. The first-order chi connectivity index (χ1) is 12.7. The van der Waals surface area contributed by atoms with Gasteiger partial charge in [0.05, 0.1) is 0 Å². The number of likely N-dealkylation sites (tertiary alicyclic amines) is 1. The van der Waals surface area contributed by atoms with Crippen LogP contribution >= 0.6 is 0 Å². The molecule has 0 bridgehead atoms. The summed E-state index contributed by atoms with van der Waals surface area (Å²) < 4.78 is 0. The average molecular weight is 349 g/mol. The van der Waals surface area contributed by atoms with Gasteiger partial charge in [-0.15, -0.1) is 0 Å². The van der Waals surface area contributed by atoms with Crippen molar-refractivity contribution in [2.24, 2.45) is 0 Å². The third-order valence-corrected chi connectivity index (χ3v) is 4.46. The predicted molar refractivity (Wildman–Crippen MR) is 96.1 cm³/mol. The number of rotatable bonds is 4. The van der Waals surface area contributed by atoms with Crippen LogP contribution in [0.5, 0.6) is 0 Å². The number of nitrogens with zero attached hydrogens (tertiary/aromatic N) is 5. The molecule has 1 saturated heterocycles. The fourth-order valence-electron chi connectivity index (χ4n) is 3.13. The lowest BCUT2D eigenvalue weighted by Gasteiger charge is -2.16. The number of aromatic nitrogens is 5. The van der Waals surface area contributed by atoms with Gasteiger partial charge in [0, 0.05) is 42.1 Å². The van der Waals surface area contributed by atoms with E-state index in [9.17, 15) is 4.79 Å². The molecule has 3 aromatic rings. The van der Waals surface area contributed by atoms with Crippen LogP contribution < -0.4 is 5.32 Å². The molecule has 1 fully saturated rings.